The van der Waals surface area contributed by atoms with E-state index in [1.54, 1.807) is 93.6 Å². The minimum Gasteiger partial charge on any atom is -0.459 e. The molecule has 1 saturated heterocycles. The molecule has 268 valence electrons. The molecule has 6 rings (SSSR count). The summed E-state index contributed by atoms with van der Waals surface area (Å²) < 4.78 is 38.2. The number of benzene rings is 2. The molecule has 0 radical (unpaired) electrons. The molecule has 9 atom stereocenters. The van der Waals surface area contributed by atoms with E-state index in [1.807, 2.05) is 6.92 Å². The Morgan fingerprint density at radius 3 is 1.73 bits per heavy atom. The molecule has 51 heavy (non-hydrogen) atoms. The first-order valence-electron chi connectivity index (χ1n) is 16.9. The van der Waals surface area contributed by atoms with Crippen LogP contribution in [0.15, 0.2) is 85.2 Å². The molecule has 3 fully saturated rings. The molecule has 2 aliphatic carbocycles. The fourth-order valence-electron chi connectivity index (χ4n) is 8.63. The van der Waals surface area contributed by atoms with Crippen LogP contribution in [0.4, 0.5) is 0 Å². The Morgan fingerprint density at radius 2 is 1.20 bits per heavy atom. The summed E-state index contributed by atoms with van der Waals surface area (Å²) in [6, 6.07) is 19.6. The van der Waals surface area contributed by atoms with Crippen LogP contribution in [0.2, 0.25) is 0 Å². The summed E-state index contributed by atoms with van der Waals surface area (Å²) in [6.45, 7) is 9.60. The van der Waals surface area contributed by atoms with Gasteiger partial charge in [-0.1, -0.05) is 43.3 Å². The van der Waals surface area contributed by atoms with Crippen molar-refractivity contribution in [1.29, 1.82) is 0 Å². The first-order valence-corrected chi connectivity index (χ1v) is 16.9. The maximum Gasteiger partial charge on any atom is 0.340 e. The van der Waals surface area contributed by atoms with Gasteiger partial charge in [-0.2, -0.15) is 0 Å². The lowest BCUT2D eigenvalue weighted by Crippen LogP contribution is -2.79. The van der Waals surface area contributed by atoms with Crippen LogP contribution in [0, 0.1) is 17.3 Å². The van der Waals surface area contributed by atoms with E-state index >= 15 is 0 Å². The number of aromatic nitrogens is 1. The number of hydrogen-bond donors (Lipinski definition) is 0. The molecule has 3 aromatic rings. The zero-order valence-corrected chi connectivity index (χ0v) is 29.3. The Kier molecular flexibility index (Phi) is 9.49. The molecule has 2 saturated carbocycles. The molecule has 1 aliphatic heterocycles. The van der Waals surface area contributed by atoms with E-state index < -0.39 is 88.8 Å². The third-order valence-corrected chi connectivity index (χ3v) is 10.6. The quantitative estimate of drug-likeness (QED) is 0.226. The number of ether oxygens (including phenoxy) is 6. The van der Waals surface area contributed by atoms with Crippen molar-refractivity contribution < 1.29 is 52.4 Å². The molecule has 1 spiro atoms. The Labute approximate surface area is 295 Å². The van der Waals surface area contributed by atoms with Crippen LogP contribution in [0.25, 0.3) is 0 Å². The number of nitrogens with zero attached hydrogens (tertiary/aromatic N) is 1. The van der Waals surface area contributed by atoms with Crippen LogP contribution in [0.1, 0.15) is 79.0 Å². The Bertz CT molecular complexity index is 1800. The molecule has 2 bridgehead atoms. The monoisotopic (exact) mass is 699 g/mol. The second kappa shape index (κ2) is 13.6. The van der Waals surface area contributed by atoms with E-state index in [0.717, 1.165) is 0 Å². The van der Waals surface area contributed by atoms with E-state index in [4.69, 9.17) is 28.4 Å². The van der Waals surface area contributed by atoms with Crippen molar-refractivity contribution in [3.8, 4) is 0 Å². The van der Waals surface area contributed by atoms with Crippen molar-refractivity contribution in [2.75, 3.05) is 0 Å². The number of esters is 5. The minimum absolute atomic E-state index is 0.0898. The molecule has 0 amide bonds. The van der Waals surface area contributed by atoms with E-state index in [1.165, 1.54) is 26.2 Å². The molecule has 0 N–H and O–H groups in total. The highest BCUT2D eigenvalue weighted by molar-refractivity contribution is 5.91. The molecule has 0 unspecified atom stereocenters. The van der Waals surface area contributed by atoms with Crippen molar-refractivity contribution >= 4 is 29.8 Å². The van der Waals surface area contributed by atoms with Gasteiger partial charge in [0.2, 0.25) is 0 Å². The molecule has 3 aliphatic rings. The standard InChI is InChI=1S/C39H41NO11/c1-22-20-28(48-36(45)27-18-13-19-40-21-27)31(49-34(43)25-14-9-7-10-15-25)38(6)33(50-35(44)26-16-11-8-12-17-26)30(46-23(2)41)29-32(47-24(3)42)39(22,38)51-37(29,4)5/h7-19,21-22,28-33H,20H2,1-6H3/t22-,28+,29-,30+,31+,32-,33+,38+,39-/m1/s1. The molecule has 12 nitrogen and oxygen atoms in total. The number of rotatable bonds is 8. The summed E-state index contributed by atoms with van der Waals surface area (Å²) in [5.41, 5.74) is -3.77. The third-order valence-electron chi connectivity index (χ3n) is 10.6. The topological polar surface area (TPSA) is 154 Å². The summed E-state index contributed by atoms with van der Waals surface area (Å²) in [4.78, 5) is 71.5. The Hall–Kier alpha value is -5.10. The van der Waals surface area contributed by atoms with E-state index in [9.17, 15) is 24.0 Å². The van der Waals surface area contributed by atoms with Gasteiger partial charge in [0.1, 0.15) is 23.9 Å². The van der Waals surface area contributed by atoms with E-state index in [0.29, 0.717) is 0 Å². The van der Waals surface area contributed by atoms with Crippen LogP contribution in [0.3, 0.4) is 0 Å². The van der Waals surface area contributed by atoms with Crippen molar-refractivity contribution in [2.45, 2.75) is 89.7 Å². The summed E-state index contributed by atoms with van der Waals surface area (Å²) in [7, 11) is 0. The van der Waals surface area contributed by atoms with Gasteiger partial charge in [-0.3, -0.25) is 14.6 Å². The highest BCUT2D eigenvalue weighted by Crippen LogP contribution is 2.68. The molecular weight excluding hydrogens is 658 g/mol. The van der Waals surface area contributed by atoms with E-state index in [-0.39, 0.29) is 23.1 Å². The smallest absolute Gasteiger partial charge is 0.340 e. The fourth-order valence-corrected chi connectivity index (χ4v) is 8.63. The second-order valence-electron chi connectivity index (χ2n) is 14.1. The van der Waals surface area contributed by atoms with Gasteiger partial charge >= 0.3 is 29.8 Å². The first-order chi connectivity index (χ1) is 24.2. The largest absolute Gasteiger partial charge is 0.459 e. The average molecular weight is 700 g/mol. The maximum atomic E-state index is 14.0. The molecule has 12 heteroatoms. The SMILES string of the molecule is CC(=O)O[C@H]1[C@@H]2[C@@H](OC(C)=O)[C@]3(OC2(C)C)[C@H](C)C[C@H](OC(=O)c2cccnc2)[C@H](OC(=O)c2ccccc2)[C@@]3(C)[C@H]1OC(=O)c1ccccc1. The van der Waals surface area contributed by atoms with Crippen molar-refractivity contribution in [3.05, 3.63) is 102 Å². The van der Waals surface area contributed by atoms with Crippen molar-refractivity contribution in [2.24, 2.45) is 17.3 Å². The van der Waals surface area contributed by atoms with Crippen LogP contribution in [0.5, 0.6) is 0 Å². The van der Waals surface area contributed by atoms with Crippen molar-refractivity contribution in [1.82, 2.24) is 4.98 Å². The number of fused-ring (bicyclic) bond motifs is 1. The van der Waals surface area contributed by atoms with Crippen LogP contribution in [-0.2, 0) is 38.0 Å². The lowest BCUT2D eigenvalue weighted by atomic mass is 9.47. The number of carbonyl (C=O) groups excluding carboxylic acids is 5. The Balaban J connectivity index is 1.59. The number of pyridine rings is 1. The highest BCUT2D eigenvalue weighted by Gasteiger charge is 2.84. The van der Waals surface area contributed by atoms with Gasteiger partial charge in [-0.15, -0.1) is 0 Å². The molecule has 1 aromatic heterocycles. The van der Waals surface area contributed by atoms with Gasteiger partial charge in [0.15, 0.2) is 12.2 Å². The lowest BCUT2D eigenvalue weighted by Gasteiger charge is -2.63. The van der Waals surface area contributed by atoms with Crippen molar-refractivity contribution in [3.63, 3.8) is 0 Å². The summed E-state index contributed by atoms with van der Waals surface area (Å²) in [6.07, 6.45) is -3.30. The summed E-state index contributed by atoms with van der Waals surface area (Å²) in [5.74, 6) is -4.96. The van der Waals surface area contributed by atoms with Gasteiger partial charge in [0, 0.05) is 26.2 Å². The predicted molar refractivity (Wildman–Crippen MR) is 179 cm³/mol. The lowest BCUT2D eigenvalue weighted by molar-refractivity contribution is -0.311. The Morgan fingerprint density at radius 1 is 0.667 bits per heavy atom. The van der Waals surface area contributed by atoms with Crippen LogP contribution >= 0.6 is 0 Å². The molecule has 2 aromatic carbocycles. The highest BCUT2D eigenvalue weighted by atomic mass is 16.6. The van der Waals surface area contributed by atoms with Gasteiger partial charge in [0.25, 0.3) is 0 Å². The average Bonchev–Trinajstić information content (AvgIpc) is 3.30. The van der Waals surface area contributed by atoms with Gasteiger partial charge < -0.3 is 28.4 Å². The zero-order chi connectivity index (χ0) is 36.7. The maximum absolute atomic E-state index is 14.0. The van der Waals surface area contributed by atoms with Gasteiger partial charge in [-0.05, 0) is 69.5 Å². The number of hydrogen-bond acceptors (Lipinski definition) is 12. The summed E-state index contributed by atoms with van der Waals surface area (Å²) >= 11 is 0. The second-order valence-corrected chi connectivity index (χ2v) is 14.1. The van der Waals surface area contributed by atoms with Gasteiger partial charge in [0.05, 0.1) is 33.6 Å². The molecular formula is C39H41NO11. The van der Waals surface area contributed by atoms with Gasteiger partial charge in [-0.25, -0.2) is 14.4 Å². The first kappa shape index (κ1) is 35.7. The summed E-state index contributed by atoms with van der Waals surface area (Å²) in [5, 5.41) is 0. The minimum atomic E-state index is -1.69. The predicted octanol–water partition coefficient (Wildman–Crippen LogP) is 5.15. The normalized spacial score (nSPS) is 31.7. The number of carbonyl (C=O) groups is 5. The van der Waals surface area contributed by atoms with Crippen LogP contribution in [-0.4, -0.2) is 76.6 Å². The zero-order valence-electron chi connectivity index (χ0n) is 29.3. The molecule has 2 heterocycles. The van der Waals surface area contributed by atoms with Crippen LogP contribution < -0.4 is 0 Å². The third kappa shape index (κ3) is 6.15. The fraction of sp³-hybridized carbons (Fsp3) is 0.436. The van der Waals surface area contributed by atoms with E-state index in [2.05, 4.69) is 4.98 Å².